The van der Waals surface area contributed by atoms with Gasteiger partial charge in [0.15, 0.2) is 0 Å². The zero-order chi connectivity index (χ0) is 13.8. The second-order valence-corrected chi connectivity index (χ2v) is 4.98. The number of rotatable bonds is 3. The molecule has 0 aromatic heterocycles. The van der Waals surface area contributed by atoms with Crippen LogP contribution in [0, 0.1) is 0 Å². The quantitative estimate of drug-likeness (QED) is 0.849. The highest BCUT2D eigenvalue weighted by Crippen LogP contribution is 2.33. The Morgan fingerprint density at radius 1 is 1.11 bits per heavy atom. The lowest BCUT2D eigenvalue weighted by molar-refractivity contribution is 0.0600. The van der Waals surface area contributed by atoms with Crippen LogP contribution in [0.1, 0.15) is 64.3 Å². The van der Waals surface area contributed by atoms with Gasteiger partial charge in [-0.15, -0.1) is 0 Å². The van der Waals surface area contributed by atoms with Crippen LogP contribution >= 0.6 is 0 Å². The molecule has 4 heteroatoms. The van der Waals surface area contributed by atoms with Crippen molar-refractivity contribution in [3.63, 3.8) is 0 Å². The van der Waals surface area contributed by atoms with E-state index in [0.29, 0.717) is 11.5 Å². The highest BCUT2D eigenvalue weighted by atomic mass is 16.5. The van der Waals surface area contributed by atoms with Crippen LogP contribution in [0.5, 0.6) is 0 Å². The van der Waals surface area contributed by atoms with E-state index in [0.717, 1.165) is 31.2 Å². The van der Waals surface area contributed by atoms with Gasteiger partial charge in [0.25, 0.3) is 0 Å². The number of carboxylic acid groups (broad SMARTS) is 1. The number of methoxy groups -OCH3 is 1. The van der Waals surface area contributed by atoms with Crippen LogP contribution in [0.3, 0.4) is 0 Å². The van der Waals surface area contributed by atoms with Crippen molar-refractivity contribution in [1.29, 1.82) is 0 Å². The SMILES string of the molecule is COC(=O)c1cc(C(=O)O)cc(C2CCCCC2)c1. The first-order valence-electron chi connectivity index (χ1n) is 6.58. The van der Waals surface area contributed by atoms with Crippen molar-refractivity contribution in [1.82, 2.24) is 0 Å². The predicted octanol–water partition coefficient (Wildman–Crippen LogP) is 3.22. The van der Waals surface area contributed by atoms with E-state index in [1.54, 1.807) is 12.1 Å². The number of benzene rings is 1. The highest BCUT2D eigenvalue weighted by molar-refractivity contribution is 5.95. The fourth-order valence-corrected chi connectivity index (χ4v) is 2.68. The summed E-state index contributed by atoms with van der Waals surface area (Å²) in [6.45, 7) is 0. The molecule has 1 saturated carbocycles. The third-order valence-electron chi connectivity index (χ3n) is 3.70. The van der Waals surface area contributed by atoms with Gasteiger partial charge in [-0.2, -0.15) is 0 Å². The third-order valence-corrected chi connectivity index (χ3v) is 3.70. The van der Waals surface area contributed by atoms with Crippen LogP contribution in [0.4, 0.5) is 0 Å². The predicted molar refractivity (Wildman–Crippen MR) is 70.6 cm³/mol. The maximum atomic E-state index is 11.6. The third kappa shape index (κ3) is 3.13. The summed E-state index contributed by atoms with van der Waals surface area (Å²) in [5, 5.41) is 9.13. The normalized spacial score (nSPS) is 16.1. The summed E-state index contributed by atoms with van der Waals surface area (Å²) in [5.41, 5.74) is 1.42. The Bertz CT molecular complexity index is 487. The fraction of sp³-hybridized carbons (Fsp3) is 0.467. The average molecular weight is 262 g/mol. The summed E-state index contributed by atoms with van der Waals surface area (Å²) >= 11 is 0. The number of aromatic carboxylic acids is 1. The highest BCUT2D eigenvalue weighted by Gasteiger charge is 2.19. The van der Waals surface area contributed by atoms with Crippen LogP contribution in [-0.4, -0.2) is 24.2 Å². The van der Waals surface area contributed by atoms with Crippen molar-refractivity contribution in [3.05, 3.63) is 34.9 Å². The minimum atomic E-state index is -1.01. The molecule has 1 fully saturated rings. The number of hydrogen-bond donors (Lipinski definition) is 1. The Labute approximate surface area is 112 Å². The standard InChI is InChI=1S/C15H18O4/c1-19-15(18)13-8-11(7-12(9-13)14(16)17)10-5-3-2-4-6-10/h7-10H,2-6H2,1H3,(H,16,17). The van der Waals surface area contributed by atoms with Gasteiger partial charge in [0.1, 0.15) is 0 Å². The number of carboxylic acids is 1. The minimum Gasteiger partial charge on any atom is -0.478 e. The van der Waals surface area contributed by atoms with Gasteiger partial charge in [0.05, 0.1) is 18.2 Å². The number of carbonyl (C=O) groups excluding carboxylic acids is 1. The number of esters is 1. The monoisotopic (exact) mass is 262 g/mol. The van der Waals surface area contributed by atoms with Crippen LogP contribution in [0.2, 0.25) is 0 Å². The van der Waals surface area contributed by atoms with Gasteiger partial charge >= 0.3 is 11.9 Å². The lowest BCUT2D eigenvalue weighted by atomic mass is 9.83. The van der Waals surface area contributed by atoms with Crippen LogP contribution in [0.15, 0.2) is 18.2 Å². The Morgan fingerprint density at radius 3 is 2.32 bits per heavy atom. The molecule has 0 atom stereocenters. The van der Waals surface area contributed by atoms with Crippen molar-refractivity contribution in [2.45, 2.75) is 38.0 Å². The van der Waals surface area contributed by atoms with Crippen molar-refractivity contribution in [3.8, 4) is 0 Å². The molecule has 1 aromatic rings. The first-order valence-corrected chi connectivity index (χ1v) is 6.58. The zero-order valence-electron chi connectivity index (χ0n) is 11.0. The number of ether oxygens (including phenoxy) is 1. The van der Waals surface area contributed by atoms with Gasteiger partial charge in [-0.3, -0.25) is 0 Å². The van der Waals surface area contributed by atoms with E-state index in [1.807, 2.05) is 0 Å². The molecule has 0 amide bonds. The van der Waals surface area contributed by atoms with Gasteiger partial charge in [-0.25, -0.2) is 9.59 Å². The summed E-state index contributed by atoms with van der Waals surface area (Å²) in [6.07, 6.45) is 5.68. The average Bonchev–Trinajstić information content (AvgIpc) is 2.46. The first kappa shape index (κ1) is 13.6. The molecule has 19 heavy (non-hydrogen) atoms. The molecule has 102 valence electrons. The molecule has 0 radical (unpaired) electrons. The number of hydrogen-bond acceptors (Lipinski definition) is 3. The molecule has 1 aromatic carbocycles. The lowest BCUT2D eigenvalue weighted by Crippen LogP contribution is -2.10. The largest absolute Gasteiger partial charge is 0.478 e. The summed E-state index contributed by atoms with van der Waals surface area (Å²) in [5.74, 6) is -1.14. The van der Waals surface area contributed by atoms with Crippen molar-refractivity contribution in [2.24, 2.45) is 0 Å². The molecule has 1 aliphatic rings. The maximum Gasteiger partial charge on any atom is 0.337 e. The molecule has 1 aliphatic carbocycles. The first-order chi connectivity index (χ1) is 9.11. The molecule has 0 heterocycles. The summed E-state index contributed by atoms with van der Waals surface area (Å²) in [4.78, 5) is 22.8. The van der Waals surface area contributed by atoms with E-state index in [9.17, 15) is 9.59 Å². The topological polar surface area (TPSA) is 63.6 Å². The van der Waals surface area contributed by atoms with Crippen molar-refractivity contribution >= 4 is 11.9 Å². The summed E-state index contributed by atoms with van der Waals surface area (Å²) < 4.78 is 4.68. The van der Waals surface area contributed by atoms with Crippen LogP contribution in [0.25, 0.3) is 0 Å². The molecule has 0 saturated heterocycles. The van der Waals surface area contributed by atoms with E-state index >= 15 is 0 Å². The summed E-state index contributed by atoms with van der Waals surface area (Å²) in [7, 11) is 1.30. The molecule has 4 nitrogen and oxygen atoms in total. The molecular weight excluding hydrogens is 244 g/mol. The van der Waals surface area contributed by atoms with Crippen LogP contribution < -0.4 is 0 Å². The second-order valence-electron chi connectivity index (χ2n) is 4.98. The van der Waals surface area contributed by atoms with Gasteiger partial charge in [-0.1, -0.05) is 19.3 Å². The van der Waals surface area contributed by atoms with Crippen molar-refractivity contribution in [2.75, 3.05) is 7.11 Å². The Hall–Kier alpha value is -1.84. The van der Waals surface area contributed by atoms with E-state index in [1.165, 1.54) is 19.6 Å². The fourth-order valence-electron chi connectivity index (χ4n) is 2.68. The molecule has 0 unspecified atom stereocenters. The van der Waals surface area contributed by atoms with Gasteiger partial charge < -0.3 is 9.84 Å². The van der Waals surface area contributed by atoms with E-state index in [2.05, 4.69) is 4.74 Å². The molecule has 0 bridgehead atoms. The lowest BCUT2D eigenvalue weighted by Gasteiger charge is -2.22. The minimum absolute atomic E-state index is 0.156. The van der Waals surface area contributed by atoms with Crippen molar-refractivity contribution < 1.29 is 19.4 Å². The van der Waals surface area contributed by atoms with Gasteiger partial charge in [-0.05, 0) is 42.5 Å². The molecule has 2 rings (SSSR count). The second kappa shape index (κ2) is 5.87. The zero-order valence-corrected chi connectivity index (χ0v) is 11.0. The Morgan fingerprint density at radius 2 is 1.74 bits per heavy atom. The molecular formula is C15H18O4. The van der Waals surface area contributed by atoms with E-state index in [-0.39, 0.29) is 5.56 Å². The molecule has 0 spiro atoms. The van der Waals surface area contributed by atoms with E-state index in [4.69, 9.17) is 5.11 Å². The van der Waals surface area contributed by atoms with E-state index < -0.39 is 11.9 Å². The Balaban J connectivity index is 2.38. The van der Waals surface area contributed by atoms with Gasteiger partial charge in [0.2, 0.25) is 0 Å². The molecule has 0 aliphatic heterocycles. The molecule has 1 N–H and O–H groups in total. The Kier molecular flexibility index (Phi) is 4.20. The summed E-state index contributed by atoms with van der Waals surface area (Å²) in [6, 6.07) is 4.83. The maximum absolute atomic E-state index is 11.6. The smallest absolute Gasteiger partial charge is 0.337 e. The van der Waals surface area contributed by atoms with Gasteiger partial charge in [0, 0.05) is 0 Å². The van der Waals surface area contributed by atoms with Crippen LogP contribution in [-0.2, 0) is 4.74 Å². The number of carbonyl (C=O) groups is 2.